The number of amides is 2. The molecule has 230 valence electrons. The Balaban J connectivity index is 1.19. The minimum Gasteiger partial charge on any atom is -0.449 e. The molecule has 1 atom stereocenters. The molecule has 2 bridgehead atoms. The zero-order chi connectivity index (χ0) is 30.2. The van der Waals surface area contributed by atoms with Gasteiger partial charge >= 0.3 is 6.09 Å². The van der Waals surface area contributed by atoms with E-state index in [9.17, 15) is 19.1 Å². The van der Waals surface area contributed by atoms with Crippen LogP contribution in [0.25, 0.3) is 10.2 Å². The van der Waals surface area contributed by atoms with Gasteiger partial charge in [-0.1, -0.05) is 6.42 Å². The maximum Gasteiger partial charge on any atom is 0.407 e. The maximum absolute atomic E-state index is 14.4. The van der Waals surface area contributed by atoms with Gasteiger partial charge in [0.05, 0.1) is 45.7 Å². The number of anilines is 3. The lowest BCUT2D eigenvalue weighted by Gasteiger charge is -2.31. The Morgan fingerprint density at radius 1 is 1.16 bits per heavy atom. The van der Waals surface area contributed by atoms with E-state index in [2.05, 4.69) is 31.2 Å². The van der Waals surface area contributed by atoms with Crippen LogP contribution in [0.3, 0.4) is 0 Å². The number of rotatable bonds is 11. The van der Waals surface area contributed by atoms with Crippen molar-refractivity contribution in [2.45, 2.75) is 88.1 Å². The number of aliphatic hydroxyl groups is 1. The third-order valence-corrected chi connectivity index (χ3v) is 10.0. The van der Waals surface area contributed by atoms with Gasteiger partial charge in [0.1, 0.15) is 12.0 Å². The van der Waals surface area contributed by atoms with Gasteiger partial charge < -0.3 is 31.1 Å². The molecule has 3 fully saturated rings. The van der Waals surface area contributed by atoms with E-state index in [1.807, 2.05) is 18.2 Å². The number of halogens is 1. The average Bonchev–Trinajstić information content (AvgIpc) is 3.63. The number of carbonyl (C=O) groups is 2. The average molecular weight is 611 g/mol. The molecule has 0 aliphatic heterocycles. The number of ether oxygens (including phenoxy) is 1. The highest BCUT2D eigenvalue weighted by atomic mass is 32.1. The number of thiazole rings is 1. The molecule has 2 amide bonds. The van der Waals surface area contributed by atoms with Crippen LogP contribution in [0.15, 0.2) is 36.0 Å². The molecule has 1 aromatic carbocycles. The number of alkyl halides is 1. The van der Waals surface area contributed by atoms with Gasteiger partial charge in [-0.2, -0.15) is 0 Å². The summed E-state index contributed by atoms with van der Waals surface area (Å²) in [6.45, 7) is 2.87. The first-order valence-electron chi connectivity index (χ1n) is 15.0. The number of carbonyl (C=O) groups excluding carboxylic acids is 2. The van der Waals surface area contributed by atoms with Gasteiger partial charge in [0.25, 0.3) is 5.91 Å². The first-order chi connectivity index (χ1) is 20.5. The van der Waals surface area contributed by atoms with Crippen molar-refractivity contribution in [1.29, 1.82) is 0 Å². The number of aromatic nitrogens is 2. The Kier molecular flexibility index (Phi) is 7.93. The van der Waals surface area contributed by atoms with E-state index in [1.54, 1.807) is 22.9 Å². The molecule has 12 heteroatoms. The van der Waals surface area contributed by atoms with Gasteiger partial charge in [-0.25, -0.2) is 19.2 Å². The van der Waals surface area contributed by atoms with Gasteiger partial charge in [-0.05, 0) is 82.9 Å². The topological polar surface area (TPSA) is 138 Å². The summed E-state index contributed by atoms with van der Waals surface area (Å²) in [6, 6.07) is 7.65. The lowest BCUT2D eigenvalue weighted by atomic mass is 9.86. The van der Waals surface area contributed by atoms with E-state index < -0.39 is 17.7 Å². The number of fused-ring (bicyclic) bond motifs is 3. The van der Waals surface area contributed by atoms with Gasteiger partial charge in [0.15, 0.2) is 0 Å². The summed E-state index contributed by atoms with van der Waals surface area (Å²) in [5, 5.41) is 22.7. The molecule has 1 unspecified atom stereocenters. The number of benzene rings is 1. The quantitative estimate of drug-likeness (QED) is 0.187. The molecule has 3 aromatic rings. The Bertz CT molecular complexity index is 1490. The molecule has 5 N–H and O–H groups in total. The summed E-state index contributed by atoms with van der Waals surface area (Å²) in [4.78, 5) is 34.7. The van der Waals surface area contributed by atoms with Gasteiger partial charge in [0.2, 0.25) is 0 Å². The second-order valence-corrected chi connectivity index (χ2v) is 13.9. The van der Waals surface area contributed by atoms with E-state index in [0.29, 0.717) is 30.5 Å². The number of alkyl carbamates (subject to hydrolysis) is 1. The van der Waals surface area contributed by atoms with Crippen molar-refractivity contribution in [3.63, 3.8) is 0 Å². The predicted molar refractivity (Wildman–Crippen MR) is 165 cm³/mol. The molecule has 43 heavy (non-hydrogen) atoms. The Hall–Kier alpha value is -3.51. The molecule has 2 aromatic heterocycles. The molecule has 0 spiro atoms. The molecule has 10 nitrogen and oxygen atoms in total. The monoisotopic (exact) mass is 610 g/mol. The van der Waals surface area contributed by atoms with Crippen LogP contribution in [0.2, 0.25) is 0 Å². The Morgan fingerprint density at radius 3 is 2.65 bits per heavy atom. The normalized spacial score (nSPS) is 23.9. The van der Waals surface area contributed by atoms with Crippen molar-refractivity contribution in [1.82, 2.24) is 20.6 Å². The molecular weight excluding hydrogens is 571 g/mol. The fourth-order valence-corrected chi connectivity index (χ4v) is 7.07. The lowest BCUT2D eigenvalue weighted by Crippen LogP contribution is -2.45. The van der Waals surface area contributed by atoms with E-state index >= 15 is 0 Å². The zero-order valence-electron chi connectivity index (χ0n) is 24.5. The summed E-state index contributed by atoms with van der Waals surface area (Å²) < 4.78 is 21.0. The number of nitrogens with zero attached hydrogens (tertiary/aromatic N) is 2. The number of pyridine rings is 1. The van der Waals surface area contributed by atoms with Crippen LogP contribution in [-0.4, -0.2) is 63.1 Å². The molecule has 0 saturated heterocycles. The van der Waals surface area contributed by atoms with Gasteiger partial charge in [0, 0.05) is 29.0 Å². The Morgan fingerprint density at radius 2 is 1.93 bits per heavy atom. The molecule has 3 saturated carbocycles. The van der Waals surface area contributed by atoms with Crippen molar-refractivity contribution in [3.05, 3.63) is 41.5 Å². The van der Waals surface area contributed by atoms with Crippen LogP contribution < -0.4 is 21.3 Å². The molecule has 3 aliphatic rings. The first kappa shape index (κ1) is 29.6. The largest absolute Gasteiger partial charge is 0.449 e. The summed E-state index contributed by atoms with van der Waals surface area (Å²) in [6.07, 6.45) is 6.87. The summed E-state index contributed by atoms with van der Waals surface area (Å²) in [7, 11) is 0. The number of hydrogen-bond donors (Lipinski definition) is 5. The van der Waals surface area contributed by atoms with E-state index in [4.69, 9.17) is 4.74 Å². The second-order valence-electron chi connectivity index (χ2n) is 13.0. The minimum atomic E-state index is -1.64. The van der Waals surface area contributed by atoms with E-state index in [-0.39, 0.29) is 29.3 Å². The highest BCUT2D eigenvalue weighted by molar-refractivity contribution is 7.16. The van der Waals surface area contributed by atoms with Crippen LogP contribution in [0.1, 0.15) is 75.6 Å². The van der Waals surface area contributed by atoms with Crippen molar-refractivity contribution in [2.75, 3.05) is 23.8 Å². The lowest BCUT2D eigenvalue weighted by molar-refractivity contribution is -0.00178. The standard InChI is InChI=1S/C31H39FN6O4S/c1-29(2,41)25(32)15-34-27(39)21-14-33-26(36-20-6-7-22-24(12-20)43-18-35-22)13-23(21)37-30-8-10-31(17-30,11-9-30)38-28(40)42-16-19-4-3-5-19/h6-7,12-14,18-19,25,41H,3-5,8-11,15-17H2,1-2H3,(H,34,39)(H,38,40)(H2,33,36,37). The fourth-order valence-electron chi connectivity index (χ4n) is 6.35. The van der Waals surface area contributed by atoms with Crippen molar-refractivity contribution in [2.24, 2.45) is 5.92 Å². The van der Waals surface area contributed by atoms with Crippen LogP contribution in [-0.2, 0) is 4.74 Å². The van der Waals surface area contributed by atoms with E-state index in [1.165, 1.54) is 26.5 Å². The third-order valence-electron chi connectivity index (χ3n) is 9.24. The van der Waals surface area contributed by atoms with Crippen molar-refractivity contribution < 1.29 is 23.8 Å². The van der Waals surface area contributed by atoms with Crippen molar-refractivity contribution >= 4 is 50.7 Å². The van der Waals surface area contributed by atoms with Gasteiger partial charge in [-0.3, -0.25) is 4.79 Å². The van der Waals surface area contributed by atoms with Crippen LogP contribution in [0, 0.1) is 5.92 Å². The van der Waals surface area contributed by atoms with E-state index in [0.717, 1.165) is 54.4 Å². The molecule has 3 aliphatic carbocycles. The number of nitrogens with one attached hydrogen (secondary N) is 4. The zero-order valence-corrected chi connectivity index (χ0v) is 25.4. The summed E-state index contributed by atoms with van der Waals surface area (Å²) in [5.41, 5.74) is 2.14. The second kappa shape index (κ2) is 11.5. The summed E-state index contributed by atoms with van der Waals surface area (Å²) in [5.74, 6) is 0.533. The van der Waals surface area contributed by atoms with Gasteiger partial charge in [-0.15, -0.1) is 11.3 Å². The highest BCUT2D eigenvalue weighted by Crippen LogP contribution is 2.52. The first-order valence-corrected chi connectivity index (χ1v) is 15.9. The maximum atomic E-state index is 14.4. The van der Waals surface area contributed by atoms with Crippen molar-refractivity contribution in [3.8, 4) is 0 Å². The minimum absolute atomic E-state index is 0.276. The van der Waals surface area contributed by atoms with Crippen LogP contribution in [0.5, 0.6) is 0 Å². The fraction of sp³-hybridized carbons (Fsp3) is 0.548. The predicted octanol–water partition coefficient (Wildman–Crippen LogP) is 5.67. The Labute approximate surface area is 254 Å². The third kappa shape index (κ3) is 6.54. The molecule has 0 radical (unpaired) electrons. The summed E-state index contributed by atoms with van der Waals surface area (Å²) >= 11 is 1.55. The SMILES string of the molecule is CC(C)(O)C(F)CNC(=O)c1cnc(Nc2ccc3ncsc3c2)cc1NC12CCC(NC(=O)OCC3CCC3)(CC1)C2. The molecular formula is C31H39FN6O4S. The highest BCUT2D eigenvalue weighted by Gasteiger charge is 2.55. The van der Waals surface area contributed by atoms with Crippen LogP contribution >= 0.6 is 11.3 Å². The van der Waals surface area contributed by atoms with Crippen LogP contribution in [0.4, 0.5) is 26.4 Å². The molecule has 2 heterocycles. The number of hydrogen-bond acceptors (Lipinski definition) is 9. The smallest absolute Gasteiger partial charge is 0.407 e. The molecule has 6 rings (SSSR count).